The second kappa shape index (κ2) is 9.98. The fourth-order valence-electron chi connectivity index (χ4n) is 3.76. The molecule has 0 saturated heterocycles. The lowest BCUT2D eigenvalue weighted by Gasteiger charge is -2.09. The Hall–Kier alpha value is -3.15. The van der Waals surface area contributed by atoms with E-state index in [-0.39, 0.29) is 11.5 Å². The summed E-state index contributed by atoms with van der Waals surface area (Å²) >= 11 is 1.42. The maximum Gasteiger partial charge on any atom is 0.203 e. The van der Waals surface area contributed by atoms with E-state index in [1.54, 1.807) is 12.1 Å². The average Bonchev–Trinajstić information content (AvgIpc) is 3.18. The molecular formula is C27H27NO3S. The van der Waals surface area contributed by atoms with Gasteiger partial charge in [-0.25, -0.2) is 0 Å². The highest BCUT2D eigenvalue weighted by atomic mass is 32.1. The van der Waals surface area contributed by atoms with Crippen LogP contribution in [0.2, 0.25) is 0 Å². The molecule has 0 bridgehead atoms. The SMILES string of the molecule is CCNCCCOc1ccc(-c2c(C(=O)c3ccccc3C)sc3cc(O)ccc23)cc1. The van der Waals surface area contributed by atoms with E-state index < -0.39 is 0 Å². The van der Waals surface area contributed by atoms with Crippen LogP contribution in [0, 0.1) is 6.92 Å². The number of ketones is 1. The second-order valence-corrected chi connectivity index (χ2v) is 8.76. The molecule has 0 fully saturated rings. The smallest absolute Gasteiger partial charge is 0.203 e. The zero-order valence-electron chi connectivity index (χ0n) is 18.4. The van der Waals surface area contributed by atoms with E-state index in [9.17, 15) is 9.90 Å². The van der Waals surface area contributed by atoms with Gasteiger partial charge in [0.05, 0.1) is 11.5 Å². The number of benzene rings is 3. The number of thiophene rings is 1. The Balaban J connectivity index is 1.69. The van der Waals surface area contributed by atoms with E-state index in [0.717, 1.165) is 52.0 Å². The van der Waals surface area contributed by atoms with Gasteiger partial charge in [-0.2, -0.15) is 0 Å². The Kier molecular flexibility index (Phi) is 6.88. The number of phenolic OH excluding ortho intramolecular Hbond substituents is 1. The number of aryl methyl sites for hydroxylation is 1. The Morgan fingerprint density at radius 3 is 2.59 bits per heavy atom. The van der Waals surface area contributed by atoms with Crippen molar-refractivity contribution in [1.82, 2.24) is 5.32 Å². The van der Waals surface area contributed by atoms with Crippen molar-refractivity contribution in [2.24, 2.45) is 0 Å². The third-order valence-corrected chi connectivity index (χ3v) is 6.58. The number of hydrogen-bond donors (Lipinski definition) is 2. The number of fused-ring (bicyclic) bond motifs is 1. The molecule has 4 nitrogen and oxygen atoms in total. The summed E-state index contributed by atoms with van der Waals surface area (Å²) in [6, 6.07) is 20.8. The molecule has 0 radical (unpaired) electrons. The molecule has 4 aromatic rings. The maximum atomic E-state index is 13.5. The molecule has 4 rings (SSSR count). The molecule has 0 atom stereocenters. The normalized spacial score (nSPS) is 11.1. The van der Waals surface area contributed by atoms with Gasteiger partial charge < -0.3 is 15.2 Å². The van der Waals surface area contributed by atoms with Gasteiger partial charge >= 0.3 is 0 Å². The summed E-state index contributed by atoms with van der Waals surface area (Å²) in [7, 11) is 0. The number of hydrogen-bond acceptors (Lipinski definition) is 5. The highest BCUT2D eigenvalue weighted by Crippen LogP contribution is 2.41. The minimum Gasteiger partial charge on any atom is -0.508 e. The van der Waals surface area contributed by atoms with Gasteiger partial charge in [-0.3, -0.25) is 4.79 Å². The Morgan fingerprint density at radius 2 is 1.84 bits per heavy atom. The van der Waals surface area contributed by atoms with Crippen LogP contribution in [0.1, 0.15) is 34.1 Å². The highest BCUT2D eigenvalue weighted by Gasteiger charge is 2.22. The molecule has 32 heavy (non-hydrogen) atoms. The van der Waals surface area contributed by atoms with E-state index in [4.69, 9.17) is 4.74 Å². The molecule has 1 aromatic heterocycles. The molecule has 0 aliphatic heterocycles. The number of carbonyl (C=O) groups is 1. The van der Waals surface area contributed by atoms with Gasteiger partial charge in [0, 0.05) is 21.2 Å². The molecule has 0 aliphatic rings. The maximum absolute atomic E-state index is 13.5. The van der Waals surface area contributed by atoms with Crippen LogP contribution < -0.4 is 10.1 Å². The van der Waals surface area contributed by atoms with Gasteiger partial charge in [0.25, 0.3) is 0 Å². The fourth-order valence-corrected chi connectivity index (χ4v) is 4.98. The van der Waals surface area contributed by atoms with Gasteiger partial charge in [0.15, 0.2) is 0 Å². The molecule has 0 saturated carbocycles. The first-order valence-corrected chi connectivity index (χ1v) is 11.7. The summed E-state index contributed by atoms with van der Waals surface area (Å²) in [6.07, 6.45) is 0.948. The van der Waals surface area contributed by atoms with Gasteiger partial charge in [0.2, 0.25) is 5.78 Å². The predicted molar refractivity (Wildman–Crippen MR) is 132 cm³/mol. The van der Waals surface area contributed by atoms with Crippen LogP contribution in [0.5, 0.6) is 11.5 Å². The van der Waals surface area contributed by atoms with Crippen LogP contribution in [-0.2, 0) is 0 Å². The molecule has 3 aromatic carbocycles. The summed E-state index contributed by atoms with van der Waals surface area (Å²) in [5.41, 5.74) is 3.51. The molecule has 0 aliphatic carbocycles. The van der Waals surface area contributed by atoms with Gasteiger partial charge in [-0.15, -0.1) is 11.3 Å². The summed E-state index contributed by atoms with van der Waals surface area (Å²) in [5.74, 6) is 1.01. The van der Waals surface area contributed by atoms with Crippen molar-refractivity contribution in [3.8, 4) is 22.6 Å². The Morgan fingerprint density at radius 1 is 1.06 bits per heavy atom. The molecule has 0 spiro atoms. The number of rotatable bonds is 9. The molecule has 5 heteroatoms. The van der Waals surface area contributed by atoms with Gasteiger partial charge in [-0.05, 0) is 67.9 Å². The van der Waals surface area contributed by atoms with Crippen molar-refractivity contribution >= 4 is 27.2 Å². The third-order valence-electron chi connectivity index (χ3n) is 5.43. The standard InChI is InChI=1S/C27H27NO3S/c1-3-28-15-6-16-31-21-12-9-19(10-13-21)25-23-14-11-20(29)17-24(23)32-27(25)26(30)22-8-5-4-7-18(22)2/h4-5,7-14,17,28-29H,3,6,15-16H2,1-2H3. The van der Waals surface area contributed by atoms with Crippen LogP contribution in [0.4, 0.5) is 0 Å². The van der Waals surface area contributed by atoms with Gasteiger partial charge in [0.1, 0.15) is 11.5 Å². The van der Waals surface area contributed by atoms with Crippen molar-refractivity contribution in [3.05, 3.63) is 82.7 Å². The first-order chi connectivity index (χ1) is 15.6. The molecule has 0 unspecified atom stereocenters. The second-order valence-electron chi connectivity index (χ2n) is 7.71. The minimum atomic E-state index is 0.00235. The lowest BCUT2D eigenvalue weighted by Crippen LogP contribution is -2.16. The summed E-state index contributed by atoms with van der Waals surface area (Å²) < 4.78 is 6.74. The Bertz CT molecular complexity index is 1230. The number of phenols is 1. The molecule has 2 N–H and O–H groups in total. The first-order valence-electron chi connectivity index (χ1n) is 10.9. The van der Waals surface area contributed by atoms with Crippen LogP contribution >= 0.6 is 11.3 Å². The topological polar surface area (TPSA) is 58.6 Å². The predicted octanol–water partition coefficient (Wildman–Crippen LogP) is 6.19. The van der Waals surface area contributed by atoms with Crippen LogP contribution in [0.15, 0.2) is 66.7 Å². The summed E-state index contributed by atoms with van der Waals surface area (Å²) in [4.78, 5) is 14.2. The largest absolute Gasteiger partial charge is 0.508 e. The first kappa shape index (κ1) is 22.1. The van der Waals surface area contributed by atoms with E-state index in [0.29, 0.717) is 17.0 Å². The molecular weight excluding hydrogens is 418 g/mol. The van der Waals surface area contributed by atoms with Crippen molar-refractivity contribution in [2.75, 3.05) is 19.7 Å². The number of aromatic hydroxyl groups is 1. The lowest BCUT2D eigenvalue weighted by molar-refractivity contribution is 0.104. The van der Waals surface area contributed by atoms with E-state index >= 15 is 0 Å². The lowest BCUT2D eigenvalue weighted by atomic mass is 9.96. The number of nitrogens with one attached hydrogen (secondary N) is 1. The van der Waals surface area contributed by atoms with Crippen molar-refractivity contribution in [3.63, 3.8) is 0 Å². The zero-order chi connectivity index (χ0) is 22.5. The Labute approximate surface area is 192 Å². The van der Waals surface area contributed by atoms with Crippen LogP contribution in [0.3, 0.4) is 0 Å². The minimum absolute atomic E-state index is 0.00235. The van der Waals surface area contributed by atoms with E-state index in [1.165, 1.54) is 11.3 Å². The van der Waals surface area contributed by atoms with Crippen molar-refractivity contribution < 1.29 is 14.6 Å². The van der Waals surface area contributed by atoms with Crippen molar-refractivity contribution in [1.29, 1.82) is 0 Å². The van der Waals surface area contributed by atoms with E-state index in [1.807, 2.05) is 61.5 Å². The highest BCUT2D eigenvalue weighted by molar-refractivity contribution is 7.21. The monoisotopic (exact) mass is 445 g/mol. The quantitative estimate of drug-likeness (QED) is 0.238. The van der Waals surface area contributed by atoms with Gasteiger partial charge in [-0.1, -0.05) is 43.3 Å². The molecule has 1 heterocycles. The van der Waals surface area contributed by atoms with E-state index in [2.05, 4.69) is 12.2 Å². The summed E-state index contributed by atoms with van der Waals surface area (Å²) in [6.45, 7) is 6.60. The number of ether oxygens (including phenoxy) is 1. The zero-order valence-corrected chi connectivity index (χ0v) is 19.2. The molecule has 164 valence electrons. The van der Waals surface area contributed by atoms with Crippen molar-refractivity contribution in [2.45, 2.75) is 20.3 Å². The molecule has 0 amide bonds. The average molecular weight is 446 g/mol. The summed E-state index contributed by atoms with van der Waals surface area (Å²) in [5, 5.41) is 14.2. The fraction of sp³-hybridized carbons (Fsp3) is 0.222. The third kappa shape index (κ3) is 4.69. The number of carbonyl (C=O) groups excluding carboxylic acids is 1. The van der Waals surface area contributed by atoms with Crippen LogP contribution in [-0.4, -0.2) is 30.6 Å². The van der Waals surface area contributed by atoms with Crippen LogP contribution in [0.25, 0.3) is 21.2 Å².